The SMILES string of the molecule is CNc1cncc(COc2cc(OCc3cccc(-c4cccc(-c5ccc6c(CNC[C@@H](O)CC(=O)O)c(OC)ccc6c5)c4C)c3C)c(Cl)cc2CNC[C@@H](O)CC(=O)O)c1. The number of halogens is 1. The summed E-state index contributed by atoms with van der Waals surface area (Å²) in [5.74, 6) is -0.498. The predicted molar refractivity (Wildman–Crippen MR) is 245 cm³/mol. The van der Waals surface area contributed by atoms with Gasteiger partial charge in [0.15, 0.2) is 0 Å². The molecule has 0 aliphatic heterocycles. The predicted octanol–water partition coefficient (Wildman–Crippen LogP) is 7.90. The van der Waals surface area contributed by atoms with Crippen LogP contribution in [0.5, 0.6) is 17.2 Å². The number of aromatic nitrogens is 1. The molecule has 0 saturated carbocycles. The lowest BCUT2D eigenvalue weighted by Gasteiger charge is -2.19. The first-order valence-electron chi connectivity index (χ1n) is 20.5. The lowest BCUT2D eigenvalue weighted by atomic mass is 9.89. The molecule has 0 unspecified atom stereocenters. The number of carboxylic acid groups (broad SMARTS) is 2. The minimum Gasteiger partial charge on any atom is -0.496 e. The van der Waals surface area contributed by atoms with E-state index in [9.17, 15) is 19.8 Å². The number of nitrogens with zero attached hydrogens (tertiary/aromatic N) is 1. The van der Waals surface area contributed by atoms with Crippen molar-refractivity contribution in [1.82, 2.24) is 15.6 Å². The van der Waals surface area contributed by atoms with E-state index in [0.29, 0.717) is 34.4 Å². The number of rotatable bonds is 22. The number of hydrogen-bond acceptors (Lipinski definition) is 11. The van der Waals surface area contributed by atoms with Gasteiger partial charge in [-0.3, -0.25) is 14.6 Å². The van der Waals surface area contributed by atoms with Crippen molar-refractivity contribution in [3.05, 3.63) is 136 Å². The molecular weight excluding hydrogens is 824 g/mol. The maximum Gasteiger partial charge on any atom is 0.306 e. The van der Waals surface area contributed by atoms with Crippen LogP contribution in [-0.2, 0) is 35.9 Å². The molecule has 14 heteroatoms. The molecule has 2 atom stereocenters. The number of hydrogen-bond donors (Lipinski definition) is 7. The molecule has 1 heterocycles. The van der Waals surface area contributed by atoms with Crippen LogP contribution in [0.2, 0.25) is 5.02 Å². The second-order valence-electron chi connectivity index (χ2n) is 15.3. The van der Waals surface area contributed by atoms with Crippen LogP contribution < -0.4 is 30.2 Å². The molecule has 0 bridgehead atoms. The zero-order valence-electron chi connectivity index (χ0n) is 35.7. The van der Waals surface area contributed by atoms with Gasteiger partial charge in [0.2, 0.25) is 0 Å². The average Bonchev–Trinajstić information content (AvgIpc) is 3.25. The topological polar surface area (TPSA) is 192 Å². The largest absolute Gasteiger partial charge is 0.496 e. The summed E-state index contributed by atoms with van der Waals surface area (Å²) in [6.07, 6.45) is 0.675. The Hall–Kier alpha value is -6.22. The summed E-state index contributed by atoms with van der Waals surface area (Å²) in [6.45, 7) is 5.50. The molecule has 13 nitrogen and oxygen atoms in total. The van der Waals surface area contributed by atoms with Crippen LogP contribution >= 0.6 is 11.6 Å². The van der Waals surface area contributed by atoms with Gasteiger partial charge in [0, 0.05) is 68.4 Å². The highest BCUT2D eigenvalue weighted by molar-refractivity contribution is 6.32. The first kappa shape index (κ1) is 46.3. The minimum atomic E-state index is -1.08. The third kappa shape index (κ3) is 12.0. The molecule has 0 amide bonds. The Morgan fingerprint density at radius 1 is 0.714 bits per heavy atom. The van der Waals surface area contributed by atoms with Crippen molar-refractivity contribution in [2.45, 2.75) is 65.2 Å². The monoisotopic (exact) mass is 876 g/mol. The van der Waals surface area contributed by atoms with Gasteiger partial charge in [0.05, 0.1) is 42.9 Å². The molecule has 0 spiro atoms. The molecule has 0 aliphatic rings. The van der Waals surface area contributed by atoms with Crippen LogP contribution in [-0.4, -0.2) is 76.8 Å². The molecule has 1 aromatic heterocycles. The molecule has 7 N–H and O–H groups in total. The standard InChI is InChI=1S/C49H53ClN4O9/c1-29-34(28-63-47-20-46(62-27-31-15-36(51-3)23-52-21-31)35(17-44(47)50)22-53-24-37(55)18-48(57)58)7-5-9-40(29)41-10-6-8-39(30(41)2)32-11-13-42-33(16-32)12-14-45(61-4)43(42)26-54-25-38(56)19-49(59)60/h5-17,20-21,23,37-38,51,53-56H,18-19,22,24-28H2,1-4H3,(H,57,58)(H,59,60)/t37-,38-/m0/s1. The Bertz CT molecular complexity index is 2570. The van der Waals surface area contributed by atoms with Gasteiger partial charge < -0.3 is 50.6 Å². The summed E-state index contributed by atoms with van der Waals surface area (Å²) >= 11 is 6.82. The fourth-order valence-corrected chi connectivity index (χ4v) is 7.79. The van der Waals surface area contributed by atoms with Gasteiger partial charge >= 0.3 is 11.9 Å². The summed E-state index contributed by atoms with van der Waals surface area (Å²) in [5.41, 5.74) is 10.7. The molecule has 0 fully saturated rings. The summed E-state index contributed by atoms with van der Waals surface area (Å²) < 4.78 is 18.4. The minimum absolute atomic E-state index is 0.0668. The molecule has 330 valence electrons. The number of aliphatic hydroxyl groups is 2. The van der Waals surface area contributed by atoms with Gasteiger partial charge in [-0.25, -0.2) is 0 Å². The zero-order valence-corrected chi connectivity index (χ0v) is 36.5. The highest BCUT2D eigenvalue weighted by atomic mass is 35.5. The van der Waals surface area contributed by atoms with E-state index in [1.807, 2.05) is 37.4 Å². The van der Waals surface area contributed by atoms with E-state index in [1.54, 1.807) is 31.6 Å². The number of nitrogens with one attached hydrogen (secondary N) is 3. The Morgan fingerprint density at radius 2 is 1.38 bits per heavy atom. The number of fused-ring (bicyclic) bond motifs is 1. The van der Waals surface area contributed by atoms with E-state index in [1.165, 1.54) is 0 Å². The van der Waals surface area contributed by atoms with E-state index in [4.69, 9.17) is 36.0 Å². The van der Waals surface area contributed by atoms with Crippen molar-refractivity contribution in [2.24, 2.45) is 0 Å². The van der Waals surface area contributed by atoms with Crippen LogP contribution in [0.15, 0.2) is 97.3 Å². The summed E-state index contributed by atoms with van der Waals surface area (Å²) in [4.78, 5) is 26.3. The number of aliphatic carboxylic acids is 2. The molecule has 6 rings (SSSR count). The number of benzene rings is 5. The number of carbonyl (C=O) groups is 2. The van der Waals surface area contributed by atoms with Gasteiger partial charge in [-0.05, 0) is 87.8 Å². The van der Waals surface area contributed by atoms with E-state index in [0.717, 1.165) is 66.5 Å². The van der Waals surface area contributed by atoms with Crippen molar-refractivity contribution >= 4 is 40.0 Å². The molecule has 0 saturated heterocycles. The molecule has 6 aromatic rings. The van der Waals surface area contributed by atoms with Crippen LogP contribution in [0.25, 0.3) is 33.0 Å². The van der Waals surface area contributed by atoms with Crippen molar-refractivity contribution in [3.63, 3.8) is 0 Å². The number of ether oxygens (including phenoxy) is 3. The first-order chi connectivity index (χ1) is 30.3. The molecule has 63 heavy (non-hydrogen) atoms. The maximum absolute atomic E-state index is 11.0. The van der Waals surface area contributed by atoms with Gasteiger partial charge in [-0.15, -0.1) is 0 Å². The molecule has 0 radical (unpaired) electrons. The fourth-order valence-electron chi connectivity index (χ4n) is 7.55. The fraction of sp³-hybridized carbons (Fsp3) is 0.286. The Morgan fingerprint density at radius 3 is 2.08 bits per heavy atom. The van der Waals surface area contributed by atoms with Crippen LogP contribution in [0, 0.1) is 13.8 Å². The normalized spacial score (nSPS) is 12.2. The lowest BCUT2D eigenvalue weighted by molar-refractivity contribution is -0.140. The number of aliphatic hydroxyl groups excluding tert-OH is 2. The Labute approximate surface area is 371 Å². The number of carboxylic acids is 2. The average molecular weight is 877 g/mol. The number of anilines is 1. The van der Waals surface area contributed by atoms with Gasteiger partial charge in [0.1, 0.15) is 30.5 Å². The van der Waals surface area contributed by atoms with Crippen molar-refractivity contribution in [3.8, 4) is 39.5 Å². The summed E-state index contributed by atoms with van der Waals surface area (Å²) in [6, 6.07) is 28.2. The summed E-state index contributed by atoms with van der Waals surface area (Å²) in [5, 5.41) is 49.9. The first-order valence-corrected chi connectivity index (χ1v) is 20.9. The highest BCUT2D eigenvalue weighted by Gasteiger charge is 2.18. The third-order valence-electron chi connectivity index (χ3n) is 10.9. The van der Waals surface area contributed by atoms with E-state index in [-0.39, 0.29) is 45.7 Å². The Balaban J connectivity index is 1.22. The van der Waals surface area contributed by atoms with E-state index in [2.05, 4.69) is 77.2 Å². The lowest BCUT2D eigenvalue weighted by Crippen LogP contribution is -2.28. The van der Waals surface area contributed by atoms with E-state index >= 15 is 0 Å². The highest BCUT2D eigenvalue weighted by Crippen LogP contribution is 2.38. The second kappa shape index (κ2) is 21.7. The summed E-state index contributed by atoms with van der Waals surface area (Å²) in [7, 11) is 3.43. The Kier molecular flexibility index (Phi) is 16.0. The quantitative estimate of drug-likeness (QED) is 0.0349. The maximum atomic E-state index is 11.0. The van der Waals surface area contributed by atoms with Crippen LogP contribution in [0.1, 0.15) is 46.2 Å². The smallest absolute Gasteiger partial charge is 0.306 e. The molecule has 0 aliphatic carbocycles. The van der Waals surface area contributed by atoms with Gasteiger partial charge in [-0.1, -0.05) is 66.2 Å². The van der Waals surface area contributed by atoms with Crippen LogP contribution in [0.3, 0.4) is 0 Å². The molecular formula is C49H53ClN4O9. The van der Waals surface area contributed by atoms with Gasteiger partial charge in [0.25, 0.3) is 0 Å². The third-order valence-corrected chi connectivity index (χ3v) is 11.2. The van der Waals surface area contributed by atoms with Crippen molar-refractivity contribution < 1.29 is 44.2 Å². The number of methoxy groups -OCH3 is 1. The van der Waals surface area contributed by atoms with Crippen molar-refractivity contribution in [1.29, 1.82) is 0 Å². The van der Waals surface area contributed by atoms with Gasteiger partial charge in [-0.2, -0.15) is 0 Å². The number of pyridine rings is 1. The molecule has 5 aromatic carbocycles. The van der Waals surface area contributed by atoms with E-state index < -0.39 is 24.1 Å². The van der Waals surface area contributed by atoms with Crippen molar-refractivity contribution in [2.75, 3.05) is 32.6 Å². The second-order valence-corrected chi connectivity index (χ2v) is 15.7. The van der Waals surface area contributed by atoms with Crippen LogP contribution in [0.4, 0.5) is 5.69 Å². The zero-order chi connectivity index (χ0) is 45.0.